The lowest BCUT2D eigenvalue weighted by Gasteiger charge is -2.21. The van der Waals surface area contributed by atoms with Gasteiger partial charge in [-0.3, -0.25) is 0 Å². The Bertz CT molecular complexity index is 571. The van der Waals surface area contributed by atoms with Gasteiger partial charge in [0.1, 0.15) is 22.4 Å². The van der Waals surface area contributed by atoms with Crippen molar-refractivity contribution >= 4 is 27.6 Å². The molecule has 1 aromatic carbocycles. The van der Waals surface area contributed by atoms with Crippen molar-refractivity contribution < 1.29 is 0 Å². The number of hydrogen-bond donors (Lipinski definition) is 1. The number of aryl methyl sites for hydroxylation is 1. The van der Waals surface area contributed by atoms with Gasteiger partial charge in [0.15, 0.2) is 0 Å². The van der Waals surface area contributed by atoms with Gasteiger partial charge in [0.2, 0.25) is 0 Å². The van der Waals surface area contributed by atoms with Gasteiger partial charge in [-0.25, -0.2) is 9.97 Å². The van der Waals surface area contributed by atoms with Crippen LogP contribution in [0.15, 0.2) is 35.1 Å². The molecule has 1 aromatic heterocycles. The molecule has 0 spiro atoms. The van der Waals surface area contributed by atoms with Gasteiger partial charge >= 0.3 is 0 Å². The molecule has 0 aliphatic heterocycles. The first-order chi connectivity index (χ1) is 9.13. The van der Waals surface area contributed by atoms with Crippen LogP contribution in [0.4, 0.5) is 11.6 Å². The van der Waals surface area contributed by atoms with E-state index < -0.39 is 0 Å². The molecule has 0 saturated carbocycles. The van der Waals surface area contributed by atoms with Crippen LogP contribution >= 0.6 is 15.9 Å². The molecule has 0 fully saturated rings. The maximum absolute atomic E-state index is 4.34. The van der Waals surface area contributed by atoms with Crippen LogP contribution in [-0.2, 0) is 6.54 Å². The molecule has 19 heavy (non-hydrogen) atoms. The Kier molecular flexibility index (Phi) is 4.37. The Labute approximate surface area is 122 Å². The fraction of sp³-hybridized carbons (Fsp3) is 0.286. The van der Waals surface area contributed by atoms with E-state index in [1.807, 2.05) is 14.1 Å². The van der Waals surface area contributed by atoms with Crippen LogP contribution in [0, 0.1) is 6.92 Å². The highest BCUT2D eigenvalue weighted by atomic mass is 79.9. The summed E-state index contributed by atoms with van der Waals surface area (Å²) < 4.78 is 0.883. The third-order valence-corrected chi connectivity index (χ3v) is 3.77. The van der Waals surface area contributed by atoms with Crippen LogP contribution in [0.2, 0.25) is 0 Å². The Balaban J connectivity index is 2.26. The fourth-order valence-electron chi connectivity index (χ4n) is 1.92. The smallest absolute Gasteiger partial charge is 0.148 e. The fourth-order valence-corrected chi connectivity index (χ4v) is 2.62. The van der Waals surface area contributed by atoms with Crippen molar-refractivity contribution in [2.45, 2.75) is 13.5 Å². The molecule has 100 valence electrons. The quantitative estimate of drug-likeness (QED) is 0.939. The maximum atomic E-state index is 4.34. The molecule has 0 unspecified atom stereocenters. The second kappa shape index (κ2) is 6.02. The molecular weight excluding hydrogens is 304 g/mol. The van der Waals surface area contributed by atoms with Crippen LogP contribution < -0.4 is 10.2 Å². The summed E-state index contributed by atoms with van der Waals surface area (Å²) in [4.78, 5) is 10.6. The zero-order chi connectivity index (χ0) is 13.8. The first-order valence-corrected chi connectivity index (χ1v) is 6.86. The van der Waals surface area contributed by atoms with E-state index >= 15 is 0 Å². The van der Waals surface area contributed by atoms with Crippen molar-refractivity contribution in [2.24, 2.45) is 0 Å². The molecule has 0 amide bonds. The van der Waals surface area contributed by atoms with E-state index in [-0.39, 0.29) is 0 Å². The third-order valence-electron chi connectivity index (χ3n) is 3.04. The molecule has 4 nitrogen and oxygen atoms in total. The van der Waals surface area contributed by atoms with Crippen molar-refractivity contribution in [1.29, 1.82) is 0 Å². The molecule has 2 rings (SSSR count). The van der Waals surface area contributed by atoms with E-state index in [1.165, 1.54) is 11.1 Å². The van der Waals surface area contributed by atoms with E-state index in [0.717, 1.165) is 22.7 Å². The molecule has 0 radical (unpaired) electrons. The molecule has 0 atom stereocenters. The Morgan fingerprint density at radius 1 is 1.26 bits per heavy atom. The van der Waals surface area contributed by atoms with Gasteiger partial charge in [0.25, 0.3) is 0 Å². The largest absolute Gasteiger partial charge is 0.372 e. The summed E-state index contributed by atoms with van der Waals surface area (Å²) in [6.07, 6.45) is 1.57. The van der Waals surface area contributed by atoms with Crippen LogP contribution in [-0.4, -0.2) is 24.1 Å². The second-order valence-electron chi connectivity index (χ2n) is 4.39. The SMILES string of the molecule is CNc1ncnc(N(C)Cc2ccccc2C)c1Br. The number of benzene rings is 1. The van der Waals surface area contributed by atoms with Gasteiger partial charge in [-0.1, -0.05) is 24.3 Å². The van der Waals surface area contributed by atoms with E-state index in [4.69, 9.17) is 0 Å². The number of halogens is 1. The molecule has 0 saturated heterocycles. The molecular formula is C14H17BrN4. The van der Waals surface area contributed by atoms with Gasteiger partial charge in [0.05, 0.1) is 0 Å². The Morgan fingerprint density at radius 3 is 2.68 bits per heavy atom. The van der Waals surface area contributed by atoms with Crippen LogP contribution in [0.1, 0.15) is 11.1 Å². The van der Waals surface area contributed by atoms with Crippen molar-refractivity contribution in [3.63, 3.8) is 0 Å². The number of hydrogen-bond acceptors (Lipinski definition) is 4. The highest BCUT2D eigenvalue weighted by Crippen LogP contribution is 2.29. The van der Waals surface area contributed by atoms with E-state index in [9.17, 15) is 0 Å². The molecule has 0 bridgehead atoms. The van der Waals surface area contributed by atoms with Crippen molar-refractivity contribution in [1.82, 2.24) is 9.97 Å². The lowest BCUT2D eigenvalue weighted by atomic mass is 10.1. The summed E-state index contributed by atoms with van der Waals surface area (Å²) in [5.41, 5.74) is 2.58. The minimum atomic E-state index is 0.793. The summed E-state index contributed by atoms with van der Waals surface area (Å²) in [6, 6.07) is 8.37. The van der Waals surface area contributed by atoms with Gasteiger partial charge < -0.3 is 10.2 Å². The van der Waals surface area contributed by atoms with Crippen LogP contribution in [0.25, 0.3) is 0 Å². The predicted molar refractivity (Wildman–Crippen MR) is 82.6 cm³/mol. The average molecular weight is 321 g/mol. The summed E-state index contributed by atoms with van der Waals surface area (Å²) >= 11 is 3.54. The first kappa shape index (κ1) is 13.8. The van der Waals surface area contributed by atoms with Crippen molar-refractivity contribution in [2.75, 3.05) is 24.3 Å². The second-order valence-corrected chi connectivity index (χ2v) is 5.19. The Morgan fingerprint density at radius 2 is 2.00 bits per heavy atom. The molecule has 0 aliphatic carbocycles. The molecule has 0 aliphatic rings. The van der Waals surface area contributed by atoms with Gasteiger partial charge in [-0.2, -0.15) is 0 Å². The predicted octanol–water partition coefficient (Wildman–Crippen LogP) is 3.23. The first-order valence-electron chi connectivity index (χ1n) is 6.07. The molecule has 1 N–H and O–H groups in total. The third kappa shape index (κ3) is 3.04. The topological polar surface area (TPSA) is 41.1 Å². The Hall–Kier alpha value is -1.62. The van der Waals surface area contributed by atoms with Gasteiger partial charge in [0, 0.05) is 20.6 Å². The van der Waals surface area contributed by atoms with E-state index in [0.29, 0.717) is 0 Å². The summed E-state index contributed by atoms with van der Waals surface area (Å²) in [5.74, 6) is 1.67. The lowest BCUT2D eigenvalue weighted by molar-refractivity contribution is 0.880. The van der Waals surface area contributed by atoms with Crippen LogP contribution in [0.3, 0.4) is 0 Å². The molecule has 1 heterocycles. The highest BCUT2D eigenvalue weighted by Gasteiger charge is 2.12. The number of aromatic nitrogens is 2. The van der Waals surface area contributed by atoms with Crippen LogP contribution in [0.5, 0.6) is 0 Å². The zero-order valence-electron chi connectivity index (χ0n) is 11.3. The number of anilines is 2. The minimum absolute atomic E-state index is 0.793. The summed E-state index contributed by atoms with van der Waals surface area (Å²) in [7, 11) is 3.87. The normalized spacial score (nSPS) is 10.3. The number of nitrogens with one attached hydrogen (secondary N) is 1. The number of rotatable bonds is 4. The van der Waals surface area contributed by atoms with Gasteiger partial charge in [-0.15, -0.1) is 0 Å². The zero-order valence-corrected chi connectivity index (χ0v) is 12.9. The van der Waals surface area contributed by atoms with Crippen molar-refractivity contribution in [3.05, 3.63) is 46.2 Å². The average Bonchev–Trinajstić information content (AvgIpc) is 2.41. The lowest BCUT2D eigenvalue weighted by Crippen LogP contribution is -2.19. The van der Waals surface area contributed by atoms with Crippen molar-refractivity contribution in [3.8, 4) is 0 Å². The van der Waals surface area contributed by atoms with Gasteiger partial charge in [-0.05, 0) is 34.0 Å². The number of nitrogens with zero attached hydrogens (tertiary/aromatic N) is 3. The maximum Gasteiger partial charge on any atom is 0.148 e. The summed E-state index contributed by atoms with van der Waals surface area (Å²) in [6.45, 7) is 2.93. The molecule has 2 aromatic rings. The highest BCUT2D eigenvalue weighted by molar-refractivity contribution is 9.10. The van der Waals surface area contributed by atoms with E-state index in [2.05, 4.69) is 67.3 Å². The van der Waals surface area contributed by atoms with E-state index in [1.54, 1.807) is 6.33 Å². The monoisotopic (exact) mass is 320 g/mol. The summed E-state index contributed by atoms with van der Waals surface area (Å²) in [5, 5.41) is 3.04. The minimum Gasteiger partial charge on any atom is -0.372 e. The molecule has 5 heteroatoms. The standard InChI is InChI=1S/C14H17BrN4/c1-10-6-4-5-7-11(10)8-19(3)14-12(15)13(16-2)17-9-18-14/h4-7,9H,8H2,1-3H3,(H,16,17,18).